The van der Waals surface area contributed by atoms with Gasteiger partial charge in [0.25, 0.3) is 5.56 Å². The van der Waals surface area contributed by atoms with Gasteiger partial charge in [-0.05, 0) is 40.2 Å². The van der Waals surface area contributed by atoms with Gasteiger partial charge in [0.2, 0.25) is 0 Å². The Morgan fingerprint density at radius 1 is 1.17 bits per heavy atom. The molecule has 24 heavy (non-hydrogen) atoms. The number of hydrogen-bond donors (Lipinski definition) is 2. The molecule has 5 nitrogen and oxygen atoms in total. The maximum absolute atomic E-state index is 12.7. The van der Waals surface area contributed by atoms with E-state index in [0.717, 1.165) is 11.1 Å². The van der Waals surface area contributed by atoms with Gasteiger partial charge in [-0.25, -0.2) is 4.79 Å². The number of hydrogen-bond acceptors (Lipinski definition) is 4. The van der Waals surface area contributed by atoms with Crippen molar-refractivity contribution >= 4 is 5.97 Å². The zero-order valence-corrected chi connectivity index (χ0v) is 14.8. The van der Waals surface area contributed by atoms with Crippen LogP contribution in [-0.4, -0.2) is 16.6 Å². The maximum atomic E-state index is 12.7. The molecule has 2 rings (SSSR count). The average Bonchev–Trinajstić information content (AvgIpc) is 2.45. The normalized spacial score (nSPS) is 11.4. The van der Waals surface area contributed by atoms with Crippen molar-refractivity contribution in [1.29, 1.82) is 0 Å². The molecule has 1 heterocycles. The number of H-pyrrole nitrogens is 1. The first-order valence-electron chi connectivity index (χ1n) is 7.90. The second-order valence-corrected chi connectivity index (χ2v) is 6.88. The molecule has 2 aromatic rings. The molecule has 0 bridgehead atoms. The number of pyridine rings is 1. The minimum atomic E-state index is -0.632. The number of benzene rings is 1. The molecule has 0 fully saturated rings. The number of nitrogens with two attached hydrogens (primary N) is 1. The van der Waals surface area contributed by atoms with Crippen molar-refractivity contribution in [2.24, 2.45) is 5.73 Å². The quantitative estimate of drug-likeness (QED) is 0.848. The van der Waals surface area contributed by atoms with Gasteiger partial charge in [-0.1, -0.05) is 29.8 Å². The van der Waals surface area contributed by atoms with Gasteiger partial charge in [-0.15, -0.1) is 0 Å². The first-order chi connectivity index (χ1) is 11.1. The molecule has 5 heteroatoms. The fraction of sp³-hybridized carbons (Fsp3) is 0.368. The lowest BCUT2D eigenvalue weighted by molar-refractivity contribution is 0.00690. The molecule has 0 spiro atoms. The molecule has 0 aliphatic rings. The van der Waals surface area contributed by atoms with E-state index >= 15 is 0 Å². The summed E-state index contributed by atoms with van der Waals surface area (Å²) in [5, 5.41) is 0. The van der Waals surface area contributed by atoms with Gasteiger partial charge in [0.1, 0.15) is 5.60 Å². The topological polar surface area (TPSA) is 85.2 Å². The zero-order valence-electron chi connectivity index (χ0n) is 14.8. The fourth-order valence-electron chi connectivity index (χ4n) is 2.58. The molecule has 3 N–H and O–H groups in total. The van der Waals surface area contributed by atoms with Crippen LogP contribution < -0.4 is 11.3 Å². The largest absolute Gasteiger partial charge is 0.456 e. The number of rotatable bonds is 3. The van der Waals surface area contributed by atoms with Crippen LogP contribution >= 0.6 is 0 Å². The molecule has 1 aromatic heterocycles. The minimum Gasteiger partial charge on any atom is -0.456 e. The molecule has 0 aliphatic carbocycles. The lowest BCUT2D eigenvalue weighted by Crippen LogP contribution is -2.28. The van der Waals surface area contributed by atoms with Gasteiger partial charge in [0, 0.05) is 23.4 Å². The summed E-state index contributed by atoms with van der Waals surface area (Å²) in [6.45, 7) is 9.13. The predicted molar refractivity (Wildman–Crippen MR) is 95.0 cm³/mol. The van der Waals surface area contributed by atoms with Crippen LogP contribution in [0.15, 0.2) is 29.1 Å². The molecule has 0 atom stereocenters. The van der Waals surface area contributed by atoms with Gasteiger partial charge in [-0.3, -0.25) is 4.79 Å². The van der Waals surface area contributed by atoms with Gasteiger partial charge in [-0.2, -0.15) is 0 Å². The van der Waals surface area contributed by atoms with Crippen molar-refractivity contribution in [3.05, 3.63) is 57.0 Å². The molecular formula is C19H24N2O3. The van der Waals surface area contributed by atoms with E-state index in [1.807, 2.05) is 31.2 Å². The van der Waals surface area contributed by atoms with Crippen molar-refractivity contribution in [1.82, 2.24) is 4.98 Å². The van der Waals surface area contributed by atoms with Crippen molar-refractivity contribution < 1.29 is 9.53 Å². The average molecular weight is 328 g/mol. The Kier molecular flexibility index (Phi) is 4.94. The standard InChI is InChI=1S/C19H24N2O3/c1-11-6-8-13(9-7-11)16-14(10-20)17(22)21-12(2)15(16)18(23)24-19(3,4)5/h6-9H,10,20H2,1-5H3,(H,21,22). The molecule has 1 aromatic carbocycles. The lowest BCUT2D eigenvalue weighted by Gasteiger charge is -2.22. The molecule has 0 saturated carbocycles. The van der Waals surface area contributed by atoms with Crippen LogP contribution in [0.4, 0.5) is 0 Å². The first kappa shape index (κ1) is 17.9. The van der Waals surface area contributed by atoms with Crippen molar-refractivity contribution in [2.75, 3.05) is 0 Å². The SMILES string of the molecule is Cc1ccc(-c2c(C(=O)OC(C)(C)C)c(C)[nH]c(=O)c2CN)cc1. The van der Waals surface area contributed by atoms with Gasteiger partial charge in [0.05, 0.1) is 5.56 Å². The Hall–Kier alpha value is -2.40. The zero-order chi connectivity index (χ0) is 18.1. The fourth-order valence-corrected chi connectivity index (χ4v) is 2.58. The number of esters is 1. The van der Waals surface area contributed by atoms with Crippen LogP contribution in [-0.2, 0) is 11.3 Å². The number of nitrogens with one attached hydrogen (secondary N) is 1. The Labute approximate surface area is 141 Å². The number of aromatic amines is 1. The summed E-state index contributed by atoms with van der Waals surface area (Å²) >= 11 is 0. The Morgan fingerprint density at radius 2 is 1.75 bits per heavy atom. The number of aromatic nitrogens is 1. The number of carbonyl (C=O) groups excluding carboxylic acids is 1. The Bertz CT molecular complexity index is 812. The lowest BCUT2D eigenvalue weighted by atomic mass is 9.93. The van der Waals surface area contributed by atoms with E-state index in [4.69, 9.17) is 10.5 Å². The van der Waals surface area contributed by atoms with E-state index < -0.39 is 11.6 Å². The van der Waals surface area contributed by atoms with Crippen LogP contribution in [0.1, 0.15) is 48.0 Å². The van der Waals surface area contributed by atoms with Gasteiger partial charge < -0.3 is 15.5 Å². The highest BCUT2D eigenvalue weighted by Crippen LogP contribution is 2.29. The van der Waals surface area contributed by atoms with E-state index in [0.29, 0.717) is 22.4 Å². The van der Waals surface area contributed by atoms with Crippen LogP contribution in [0, 0.1) is 13.8 Å². The second kappa shape index (κ2) is 6.61. The summed E-state index contributed by atoms with van der Waals surface area (Å²) in [4.78, 5) is 27.8. The highest BCUT2D eigenvalue weighted by Gasteiger charge is 2.26. The third-order valence-corrected chi connectivity index (χ3v) is 3.65. The summed E-state index contributed by atoms with van der Waals surface area (Å²) in [6, 6.07) is 7.64. The first-order valence-corrected chi connectivity index (χ1v) is 7.90. The molecular weight excluding hydrogens is 304 g/mol. The third-order valence-electron chi connectivity index (χ3n) is 3.65. The van der Waals surface area contributed by atoms with E-state index in [9.17, 15) is 9.59 Å². The molecule has 0 saturated heterocycles. The van der Waals surface area contributed by atoms with Crippen LogP contribution in [0.25, 0.3) is 11.1 Å². The number of aryl methyl sites for hydroxylation is 2. The van der Waals surface area contributed by atoms with E-state index in [1.165, 1.54) is 0 Å². The summed E-state index contributed by atoms with van der Waals surface area (Å²) in [7, 11) is 0. The van der Waals surface area contributed by atoms with E-state index in [1.54, 1.807) is 27.7 Å². The predicted octanol–water partition coefficient (Wildman–Crippen LogP) is 3.07. The maximum Gasteiger partial charge on any atom is 0.341 e. The monoisotopic (exact) mass is 328 g/mol. The van der Waals surface area contributed by atoms with Crippen LogP contribution in [0.2, 0.25) is 0 Å². The summed E-state index contributed by atoms with van der Waals surface area (Å²) in [6.07, 6.45) is 0. The van der Waals surface area contributed by atoms with E-state index in [-0.39, 0.29) is 12.1 Å². The van der Waals surface area contributed by atoms with Crippen molar-refractivity contribution in [3.8, 4) is 11.1 Å². The van der Waals surface area contributed by atoms with Crippen molar-refractivity contribution in [2.45, 2.75) is 46.8 Å². The van der Waals surface area contributed by atoms with Crippen molar-refractivity contribution in [3.63, 3.8) is 0 Å². The molecule has 0 unspecified atom stereocenters. The molecule has 128 valence electrons. The summed E-state index contributed by atoms with van der Waals surface area (Å²) in [5.74, 6) is -0.471. The molecule has 0 amide bonds. The Morgan fingerprint density at radius 3 is 2.25 bits per heavy atom. The highest BCUT2D eigenvalue weighted by atomic mass is 16.6. The molecule has 0 radical (unpaired) electrons. The van der Waals surface area contributed by atoms with E-state index in [2.05, 4.69) is 4.98 Å². The van der Waals surface area contributed by atoms with Gasteiger partial charge in [0.15, 0.2) is 0 Å². The smallest absolute Gasteiger partial charge is 0.341 e. The minimum absolute atomic E-state index is 0.0363. The highest BCUT2D eigenvalue weighted by molar-refractivity contribution is 5.99. The van der Waals surface area contributed by atoms with Crippen LogP contribution in [0.5, 0.6) is 0 Å². The number of carbonyl (C=O) groups is 1. The Balaban J connectivity index is 2.76. The summed E-state index contributed by atoms with van der Waals surface area (Å²) < 4.78 is 5.53. The second-order valence-electron chi connectivity index (χ2n) is 6.88. The number of ether oxygens (including phenoxy) is 1. The third kappa shape index (κ3) is 3.74. The van der Waals surface area contributed by atoms with Crippen LogP contribution in [0.3, 0.4) is 0 Å². The van der Waals surface area contributed by atoms with Gasteiger partial charge >= 0.3 is 5.97 Å². The summed E-state index contributed by atoms with van der Waals surface area (Å²) in [5.41, 5.74) is 8.51. The molecule has 0 aliphatic heterocycles.